The molecule has 0 aromatic heterocycles. The van der Waals surface area contributed by atoms with E-state index in [9.17, 15) is 5.11 Å². The maximum Gasteiger partial charge on any atom is 0.0755 e. The third-order valence-electron chi connectivity index (χ3n) is 2.94. The first-order chi connectivity index (χ1) is 9.31. The summed E-state index contributed by atoms with van der Waals surface area (Å²) in [6, 6.07) is 0. The molecule has 0 aliphatic carbocycles. The van der Waals surface area contributed by atoms with E-state index < -0.39 is 0 Å². The maximum atomic E-state index is 9.68. The van der Waals surface area contributed by atoms with Gasteiger partial charge in [0, 0.05) is 0 Å². The minimum absolute atomic E-state index is 0.338. The van der Waals surface area contributed by atoms with Crippen LogP contribution in [0.15, 0.2) is 36.5 Å². The smallest absolute Gasteiger partial charge is 0.0755 e. The monoisotopic (exact) mass is 263 g/mol. The predicted octanol–water partition coefficient (Wildman–Crippen LogP) is 5.38. The van der Waals surface area contributed by atoms with Crippen LogP contribution in [-0.2, 0) is 0 Å². The zero-order valence-corrected chi connectivity index (χ0v) is 12.6. The molecule has 0 saturated carbocycles. The van der Waals surface area contributed by atoms with Gasteiger partial charge in [0.05, 0.1) is 6.10 Å². The number of aliphatic hydroxyl groups is 1. The Kier molecular flexibility index (Phi) is 14.6. The van der Waals surface area contributed by atoms with E-state index in [4.69, 9.17) is 0 Å². The highest BCUT2D eigenvalue weighted by Gasteiger charge is 1.93. The van der Waals surface area contributed by atoms with Crippen LogP contribution in [0.4, 0.5) is 0 Å². The number of hydrogen-bond donors (Lipinski definition) is 1. The van der Waals surface area contributed by atoms with Crippen molar-refractivity contribution in [3.63, 3.8) is 0 Å². The van der Waals surface area contributed by atoms with Gasteiger partial charge in [0.15, 0.2) is 0 Å². The topological polar surface area (TPSA) is 20.2 Å². The van der Waals surface area contributed by atoms with E-state index in [1.807, 2.05) is 6.08 Å². The molecular weight excluding hydrogens is 232 g/mol. The van der Waals surface area contributed by atoms with Gasteiger partial charge in [-0.05, 0) is 32.1 Å². The van der Waals surface area contributed by atoms with E-state index in [0.29, 0.717) is 6.42 Å². The van der Waals surface area contributed by atoms with Crippen LogP contribution in [0.25, 0.3) is 0 Å². The summed E-state index contributed by atoms with van der Waals surface area (Å²) < 4.78 is 0. The highest BCUT2D eigenvalue weighted by Crippen LogP contribution is 2.02. The number of allylic oxidation sites excluding steroid dienone is 4. The summed E-state index contributed by atoms with van der Waals surface area (Å²) in [5.74, 6) is 0. The molecule has 0 heterocycles. The summed E-state index contributed by atoms with van der Waals surface area (Å²) in [5.41, 5.74) is 0. The largest absolute Gasteiger partial charge is 0.389 e. The van der Waals surface area contributed by atoms with Gasteiger partial charge in [0.2, 0.25) is 0 Å². The van der Waals surface area contributed by atoms with Crippen molar-refractivity contribution in [2.45, 2.75) is 70.8 Å². The standard InChI is InChI=1S/C18H31O/c1-3-5-7-9-10-11-12-13-15-17-18(19)16-14-8-6-4-2/h10-11,13-16,18-19H,2-9,12,17H2,1H3/q-1/b11-10-,15-13-,16-14+. The molecule has 0 aromatic carbocycles. The van der Waals surface area contributed by atoms with Crippen LogP contribution >= 0.6 is 0 Å². The van der Waals surface area contributed by atoms with E-state index in [2.05, 4.69) is 44.2 Å². The molecule has 0 saturated heterocycles. The molecule has 0 bridgehead atoms. The van der Waals surface area contributed by atoms with Crippen molar-refractivity contribution in [1.82, 2.24) is 0 Å². The lowest BCUT2D eigenvalue weighted by molar-refractivity contribution is 0.226. The van der Waals surface area contributed by atoms with E-state index in [0.717, 1.165) is 25.7 Å². The molecule has 1 atom stereocenters. The Bertz CT molecular complexity index is 250. The van der Waals surface area contributed by atoms with Crippen LogP contribution in [0.2, 0.25) is 0 Å². The van der Waals surface area contributed by atoms with Crippen molar-refractivity contribution in [1.29, 1.82) is 0 Å². The normalized spacial score (nSPS) is 14.1. The lowest BCUT2D eigenvalue weighted by Crippen LogP contribution is -1.98. The number of unbranched alkanes of at least 4 members (excludes halogenated alkanes) is 5. The summed E-state index contributed by atoms with van der Waals surface area (Å²) in [6.45, 7) is 6.02. The summed E-state index contributed by atoms with van der Waals surface area (Å²) in [4.78, 5) is 0. The zero-order chi connectivity index (χ0) is 14.2. The molecule has 0 aromatic rings. The van der Waals surface area contributed by atoms with E-state index >= 15 is 0 Å². The van der Waals surface area contributed by atoms with Crippen LogP contribution in [0.3, 0.4) is 0 Å². The average Bonchev–Trinajstić information content (AvgIpc) is 2.42. The molecule has 0 amide bonds. The highest BCUT2D eigenvalue weighted by molar-refractivity contribution is 4.97. The van der Waals surface area contributed by atoms with Gasteiger partial charge in [-0.15, -0.1) is 0 Å². The van der Waals surface area contributed by atoms with E-state index in [1.54, 1.807) is 0 Å². The Balaban J connectivity index is 3.48. The number of hydrogen-bond acceptors (Lipinski definition) is 1. The predicted molar refractivity (Wildman–Crippen MR) is 86.0 cm³/mol. The van der Waals surface area contributed by atoms with Crippen molar-refractivity contribution < 1.29 is 5.11 Å². The van der Waals surface area contributed by atoms with Crippen LogP contribution < -0.4 is 0 Å². The van der Waals surface area contributed by atoms with Gasteiger partial charge in [-0.2, -0.15) is 6.42 Å². The third kappa shape index (κ3) is 15.1. The van der Waals surface area contributed by atoms with Gasteiger partial charge in [-0.1, -0.05) is 62.6 Å². The molecule has 1 N–H and O–H groups in total. The fraction of sp³-hybridized carbons (Fsp3) is 0.611. The molecule has 1 heteroatoms. The summed E-state index contributed by atoms with van der Waals surface area (Å²) >= 11 is 0. The van der Waals surface area contributed by atoms with Crippen molar-refractivity contribution in [2.75, 3.05) is 0 Å². The van der Waals surface area contributed by atoms with Gasteiger partial charge >= 0.3 is 0 Å². The first-order valence-corrected chi connectivity index (χ1v) is 7.75. The van der Waals surface area contributed by atoms with Gasteiger partial charge in [-0.25, -0.2) is 0 Å². The fourth-order valence-corrected chi connectivity index (χ4v) is 1.73. The van der Waals surface area contributed by atoms with Gasteiger partial charge < -0.3 is 12.0 Å². The molecule has 0 fully saturated rings. The van der Waals surface area contributed by atoms with Crippen molar-refractivity contribution in [2.24, 2.45) is 0 Å². The molecule has 0 spiro atoms. The van der Waals surface area contributed by atoms with Crippen LogP contribution in [0, 0.1) is 6.92 Å². The first-order valence-electron chi connectivity index (χ1n) is 7.75. The van der Waals surface area contributed by atoms with Crippen molar-refractivity contribution in [3.8, 4) is 0 Å². The lowest BCUT2D eigenvalue weighted by atomic mass is 10.1. The Labute approximate surface area is 120 Å². The summed E-state index contributed by atoms with van der Waals surface area (Å²) in [7, 11) is 0. The first kappa shape index (κ1) is 18.2. The van der Waals surface area contributed by atoms with Crippen LogP contribution in [-0.4, -0.2) is 11.2 Å². The van der Waals surface area contributed by atoms with Gasteiger partial charge in [0.1, 0.15) is 0 Å². The quantitative estimate of drug-likeness (QED) is 0.285. The summed E-state index contributed by atoms with van der Waals surface area (Å²) in [5, 5.41) is 9.68. The van der Waals surface area contributed by atoms with Gasteiger partial charge in [0.25, 0.3) is 0 Å². The molecule has 0 radical (unpaired) electrons. The Morgan fingerprint density at radius 3 is 2.42 bits per heavy atom. The molecule has 110 valence electrons. The van der Waals surface area contributed by atoms with Gasteiger partial charge in [-0.3, -0.25) is 0 Å². The van der Waals surface area contributed by atoms with Crippen LogP contribution in [0.5, 0.6) is 0 Å². The maximum absolute atomic E-state index is 9.68. The fourth-order valence-electron chi connectivity index (χ4n) is 1.73. The lowest BCUT2D eigenvalue weighted by Gasteiger charge is -2.00. The Morgan fingerprint density at radius 2 is 1.68 bits per heavy atom. The molecule has 0 aliphatic heterocycles. The van der Waals surface area contributed by atoms with Crippen LogP contribution in [0.1, 0.15) is 64.7 Å². The second-order valence-electron chi connectivity index (χ2n) is 4.90. The second-order valence-corrected chi connectivity index (χ2v) is 4.90. The van der Waals surface area contributed by atoms with E-state index in [-0.39, 0.29) is 6.10 Å². The SMILES string of the molecule is [CH2-]CCC/C=C/C(O)C/C=C\C/C=C\CCCCC. The highest BCUT2D eigenvalue weighted by atomic mass is 16.3. The number of aliphatic hydroxyl groups excluding tert-OH is 1. The zero-order valence-electron chi connectivity index (χ0n) is 12.6. The van der Waals surface area contributed by atoms with Crippen molar-refractivity contribution in [3.05, 3.63) is 43.4 Å². The molecular formula is C18H31O-. The molecule has 1 unspecified atom stereocenters. The molecule has 0 rings (SSSR count). The Hall–Kier alpha value is -0.820. The molecule has 19 heavy (non-hydrogen) atoms. The molecule has 0 aliphatic rings. The minimum Gasteiger partial charge on any atom is -0.389 e. The Morgan fingerprint density at radius 1 is 0.947 bits per heavy atom. The molecule has 1 nitrogen and oxygen atoms in total. The van der Waals surface area contributed by atoms with E-state index in [1.165, 1.54) is 25.7 Å². The number of rotatable bonds is 12. The third-order valence-corrected chi connectivity index (χ3v) is 2.94. The second kappa shape index (κ2) is 15.2. The average molecular weight is 263 g/mol. The minimum atomic E-state index is -0.338. The van der Waals surface area contributed by atoms with Crippen molar-refractivity contribution >= 4 is 0 Å². The summed E-state index contributed by atoms with van der Waals surface area (Å²) in [6.07, 6.45) is 22.1.